The second kappa shape index (κ2) is 15.9. The molecule has 0 saturated carbocycles. The van der Waals surface area contributed by atoms with E-state index in [1.54, 1.807) is 13.0 Å². The Morgan fingerprint density at radius 1 is 0.795 bits per heavy atom. The second-order valence-corrected chi connectivity index (χ2v) is 11.4. The van der Waals surface area contributed by atoms with Crippen LogP contribution in [0.15, 0.2) is 18.2 Å². The van der Waals surface area contributed by atoms with Crippen LogP contribution < -0.4 is 15.2 Å². The van der Waals surface area contributed by atoms with Gasteiger partial charge in [0.2, 0.25) is 0 Å². The summed E-state index contributed by atoms with van der Waals surface area (Å²) in [6, 6.07) is 3.29. The zero-order valence-corrected chi connectivity index (χ0v) is 24.2. The average Bonchev–Trinajstić information content (AvgIpc) is 2.80. The van der Waals surface area contributed by atoms with E-state index in [1.165, 1.54) is 12.1 Å². The lowest BCUT2D eigenvalue weighted by Gasteiger charge is -2.19. The van der Waals surface area contributed by atoms with Gasteiger partial charge < -0.3 is 34.2 Å². The van der Waals surface area contributed by atoms with Crippen LogP contribution in [0.2, 0.25) is 0 Å². The van der Waals surface area contributed by atoms with Gasteiger partial charge in [0, 0.05) is 0 Å². The minimum atomic E-state index is -1.07. The molecule has 0 bridgehead atoms. The Bertz CT molecular complexity index is 968. The maximum absolute atomic E-state index is 12.5. The molecular weight excluding hydrogens is 510 g/mol. The Morgan fingerprint density at radius 2 is 1.33 bits per heavy atom. The standard InChI is InChI=1S/C28H43NO10/c1-17(2)14-35-26(32)38-22-10-9-20(12-23(22)39-27(33)36-15-18(3)4)11-21(29)25(31)37-19(5)16-34-24(30)13-28(6,7)8/h9-10,12,17-19,21H,11,13-16,29H2,1-8H3/t19-,21-/m0/s1. The number of carbonyl (C=O) groups is 4. The molecule has 2 N–H and O–H groups in total. The molecular formula is C28H43NO10. The van der Waals surface area contributed by atoms with Crippen molar-refractivity contribution < 1.29 is 47.6 Å². The van der Waals surface area contributed by atoms with Crippen molar-refractivity contribution >= 4 is 24.2 Å². The lowest BCUT2D eigenvalue weighted by Crippen LogP contribution is -2.37. The summed E-state index contributed by atoms with van der Waals surface area (Å²) in [5, 5.41) is 0. The molecule has 11 nitrogen and oxygen atoms in total. The number of hydrogen-bond acceptors (Lipinski definition) is 11. The predicted molar refractivity (Wildman–Crippen MR) is 142 cm³/mol. The first-order chi connectivity index (χ1) is 18.1. The summed E-state index contributed by atoms with van der Waals surface area (Å²) in [7, 11) is 0. The van der Waals surface area contributed by atoms with Crippen molar-refractivity contribution in [3.05, 3.63) is 23.8 Å². The van der Waals surface area contributed by atoms with Crippen molar-refractivity contribution in [2.75, 3.05) is 19.8 Å². The van der Waals surface area contributed by atoms with Gasteiger partial charge in [-0.3, -0.25) is 9.59 Å². The van der Waals surface area contributed by atoms with Crippen LogP contribution in [0, 0.1) is 17.3 Å². The third kappa shape index (κ3) is 15.0. The van der Waals surface area contributed by atoms with Gasteiger partial charge in [-0.05, 0) is 48.3 Å². The first-order valence-corrected chi connectivity index (χ1v) is 13.0. The fourth-order valence-electron chi connectivity index (χ4n) is 2.90. The summed E-state index contributed by atoms with van der Waals surface area (Å²) >= 11 is 0. The SMILES string of the molecule is CC(C)COC(=O)Oc1ccc(C[C@H](N)C(=O)O[C@@H](C)COC(=O)CC(C)(C)C)cc1OC(=O)OCC(C)C. The fraction of sp³-hybridized carbons (Fsp3) is 0.643. The van der Waals surface area contributed by atoms with Gasteiger partial charge in [0.05, 0.1) is 19.6 Å². The third-order valence-corrected chi connectivity index (χ3v) is 4.69. The van der Waals surface area contributed by atoms with Gasteiger partial charge in [0.25, 0.3) is 0 Å². The van der Waals surface area contributed by atoms with E-state index in [0.717, 1.165) is 0 Å². The molecule has 1 aromatic carbocycles. The van der Waals surface area contributed by atoms with E-state index >= 15 is 0 Å². The Balaban J connectivity index is 2.86. The molecule has 0 saturated heterocycles. The zero-order valence-electron chi connectivity index (χ0n) is 24.2. The monoisotopic (exact) mass is 553 g/mol. The minimum Gasteiger partial charge on any atom is -0.462 e. The molecule has 11 heteroatoms. The third-order valence-electron chi connectivity index (χ3n) is 4.69. The maximum Gasteiger partial charge on any atom is 0.513 e. The van der Waals surface area contributed by atoms with Crippen LogP contribution in [0.25, 0.3) is 0 Å². The molecule has 0 amide bonds. The predicted octanol–water partition coefficient (Wildman–Crippen LogP) is 4.81. The summed E-state index contributed by atoms with van der Waals surface area (Å²) < 4.78 is 31.0. The van der Waals surface area contributed by atoms with E-state index in [1.807, 2.05) is 48.5 Å². The van der Waals surface area contributed by atoms with E-state index < -0.39 is 30.4 Å². The molecule has 0 aliphatic rings. The van der Waals surface area contributed by atoms with Gasteiger partial charge in [-0.2, -0.15) is 0 Å². The molecule has 0 fully saturated rings. The van der Waals surface area contributed by atoms with Gasteiger partial charge in [0.15, 0.2) is 11.5 Å². The summed E-state index contributed by atoms with van der Waals surface area (Å²) in [4.78, 5) is 48.6. The summed E-state index contributed by atoms with van der Waals surface area (Å²) in [5.74, 6) is -1.09. The number of rotatable bonds is 13. The number of carbonyl (C=O) groups excluding carboxylic acids is 4. The highest BCUT2D eigenvalue weighted by Crippen LogP contribution is 2.30. The molecule has 0 radical (unpaired) electrons. The first kappa shape index (κ1) is 33.7. The molecule has 39 heavy (non-hydrogen) atoms. The van der Waals surface area contributed by atoms with Crippen molar-refractivity contribution in [2.45, 2.75) is 80.4 Å². The molecule has 220 valence electrons. The average molecular weight is 554 g/mol. The van der Waals surface area contributed by atoms with Crippen molar-refractivity contribution in [1.29, 1.82) is 0 Å². The molecule has 0 aliphatic heterocycles. The van der Waals surface area contributed by atoms with Crippen LogP contribution in [-0.2, 0) is 35.0 Å². The van der Waals surface area contributed by atoms with E-state index in [2.05, 4.69) is 0 Å². The molecule has 0 heterocycles. The fourth-order valence-corrected chi connectivity index (χ4v) is 2.90. The highest BCUT2D eigenvalue weighted by Gasteiger charge is 2.23. The Morgan fingerprint density at radius 3 is 1.85 bits per heavy atom. The zero-order chi connectivity index (χ0) is 29.8. The lowest BCUT2D eigenvalue weighted by atomic mass is 9.92. The smallest absolute Gasteiger partial charge is 0.462 e. The Labute approximate surface area is 230 Å². The van der Waals surface area contributed by atoms with Gasteiger partial charge in [-0.25, -0.2) is 9.59 Å². The minimum absolute atomic E-state index is 0.0187. The van der Waals surface area contributed by atoms with Crippen LogP contribution in [0.1, 0.15) is 67.4 Å². The number of ether oxygens (including phenoxy) is 6. The van der Waals surface area contributed by atoms with Gasteiger partial charge in [0.1, 0.15) is 18.8 Å². The van der Waals surface area contributed by atoms with E-state index in [9.17, 15) is 19.2 Å². The van der Waals surface area contributed by atoms with Crippen LogP contribution in [0.4, 0.5) is 9.59 Å². The maximum atomic E-state index is 12.5. The highest BCUT2D eigenvalue weighted by molar-refractivity contribution is 5.76. The van der Waals surface area contributed by atoms with E-state index in [-0.39, 0.29) is 67.4 Å². The van der Waals surface area contributed by atoms with Gasteiger partial charge in [-0.15, -0.1) is 0 Å². The van der Waals surface area contributed by atoms with Crippen LogP contribution in [0.3, 0.4) is 0 Å². The summed E-state index contributed by atoms with van der Waals surface area (Å²) in [5.41, 5.74) is 6.31. The van der Waals surface area contributed by atoms with Crippen LogP contribution >= 0.6 is 0 Å². The topological polar surface area (TPSA) is 150 Å². The van der Waals surface area contributed by atoms with Gasteiger partial charge >= 0.3 is 24.2 Å². The number of benzene rings is 1. The molecule has 2 atom stereocenters. The number of esters is 2. The second-order valence-electron chi connectivity index (χ2n) is 11.4. The highest BCUT2D eigenvalue weighted by atomic mass is 16.7. The molecule has 0 aromatic heterocycles. The van der Waals surface area contributed by atoms with E-state index in [0.29, 0.717) is 5.56 Å². The Kier molecular flexibility index (Phi) is 13.8. The number of hydrogen-bond donors (Lipinski definition) is 1. The molecule has 0 unspecified atom stereocenters. The van der Waals surface area contributed by atoms with Crippen LogP contribution in [0.5, 0.6) is 11.5 Å². The van der Waals surface area contributed by atoms with E-state index in [4.69, 9.17) is 34.2 Å². The van der Waals surface area contributed by atoms with Crippen LogP contribution in [-0.4, -0.2) is 56.2 Å². The normalized spacial score (nSPS) is 12.9. The first-order valence-electron chi connectivity index (χ1n) is 13.0. The summed E-state index contributed by atoms with van der Waals surface area (Å²) in [6.07, 6.45) is -2.40. The largest absolute Gasteiger partial charge is 0.513 e. The molecule has 1 aromatic rings. The Hall–Kier alpha value is -3.34. The lowest BCUT2D eigenvalue weighted by molar-refractivity contribution is -0.159. The van der Waals surface area contributed by atoms with Gasteiger partial charge in [-0.1, -0.05) is 54.5 Å². The summed E-state index contributed by atoms with van der Waals surface area (Å²) in [6.45, 7) is 15.0. The van der Waals surface area contributed by atoms with Crippen molar-refractivity contribution in [2.24, 2.45) is 23.0 Å². The molecule has 0 aliphatic carbocycles. The molecule has 0 spiro atoms. The number of nitrogens with two attached hydrogens (primary N) is 1. The quantitative estimate of drug-likeness (QED) is 0.204. The van der Waals surface area contributed by atoms with Crippen molar-refractivity contribution in [3.8, 4) is 11.5 Å². The van der Waals surface area contributed by atoms with Crippen molar-refractivity contribution in [1.82, 2.24) is 0 Å². The molecule has 1 rings (SSSR count). The van der Waals surface area contributed by atoms with Crippen molar-refractivity contribution in [3.63, 3.8) is 0 Å².